The maximum Gasteiger partial charge on any atom is 0.453 e. The fraction of sp³-hybridized carbons (Fsp3) is 0.647. The van der Waals surface area contributed by atoms with Crippen molar-refractivity contribution in [3.8, 4) is 0 Å². The van der Waals surface area contributed by atoms with Gasteiger partial charge in [0.15, 0.2) is 0 Å². The van der Waals surface area contributed by atoms with Gasteiger partial charge in [-0.3, -0.25) is 4.79 Å². The summed E-state index contributed by atoms with van der Waals surface area (Å²) in [6.45, 7) is 2.63. The third kappa shape index (κ3) is 4.13. The van der Waals surface area contributed by atoms with Crippen molar-refractivity contribution < 1.29 is 18.0 Å². The Kier molecular flexibility index (Phi) is 5.43. The largest absolute Gasteiger partial charge is 0.453 e. The van der Waals surface area contributed by atoms with Crippen molar-refractivity contribution in [3.05, 3.63) is 23.8 Å². The first-order valence-electron chi connectivity index (χ1n) is 8.94. The van der Waals surface area contributed by atoms with Crippen LogP contribution in [0.5, 0.6) is 0 Å². The molecule has 0 bridgehead atoms. The van der Waals surface area contributed by atoms with Crippen LogP contribution in [0.4, 0.5) is 13.2 Å². The van der Waals surface area contributed by atoms with Gasteiger partial charge in [0, 0.05) is 25.1 Å². The minimum absolute atomic E-state index is 0.0243. The first-order chi connectivity index (χ1) is 12.4. The number of rotatable bonds is 5. The highest BCUT2D eigenvalue weighted by Crippen LogP contribution is 2.36. The Hall–Kier alpha value is -2.19. The number of hydrogen-bond donors (Lipinski definition) is 1. The molecule has 0 radical (unpaired) electrons. The second-order valence-corrected chi connectivity index (χ2v) is 6.79. The molecule has 26 heavy (non-hydrogen) atoms. The first-order valence-corrected chi connectivity index (χ1v) is 8.94. The lowest BCUT2D eigenvalue weighted by atomic mass is 9.80. The van der Waals surface area contributed by atoms with Gasteiger partial charge in [0.1, 0.15) is 0 Å². The van der Waals surface area contributed by atoms with Crippen molar-refractivity contribution in [3.63, 3.8) is 0 Å². The van der Waals surface area contributed by atoms with Crippen LogP contribution in [0.15, 0.2) is 12.3 Å². The van der Waals surface area contributed by atoms with Gasteiger partial charge < -0.3 is 5.32 Å². The van der Waals surface area contributed by atoms with Gasteiger partial charge in [-0.25, -0.2) is 9.50 Å². The Labute approximate surface area is 149 Å². The summed E-state index contributed by atoms with van der Waals surface area (Å²) in [6, 6.07) is 1.72. The van der Waals surface area contributed by atoms with Crippen LogP contribution in [-0.4, -0.2) is 32.0 Å². The van der Waals surface area contributed by atoms with Gasteiger partial charge >= 0.3 is 6.18 Å². The molecule has 6 nitrogen and oxygen atoms in total. The fourth-order valence-corrected chi connectivity index (χ4v) is 3.48. The standard InChI is InChI=1S/C17H22F3N5O/c1-2-3-14(26)22-10-11-4-6-12(7-5-11)13-8-9-21-16-23-15(17(18,19)20)24-25(13)16/h8-9,11-12H,2-7,10H2,1H3,(H,22,26). The third-order valence-corrected chi connectivity index (χ3v) is 4.85. The smallest absolute Gasteiger partial charge is 0.356 e. The molecule has 0 spiro atoms. The molecular formula is C17H22F3N5O. The first kappa shape index (κ1) is 18.6. The summed E-state index contributed by atoms with van der Waals surface area (Å²) in [6.07, 6.45) is 1.79. The zero-order chi connectivity index (χ0) is 18.7. The van der Waals surface area contributed by atoms with Crippen LogP contribution in [0.3, 0.4) is 0 Å². The molecule has 1 fully saturated rings. The van der Waals surface area contributed by atoms with Crippen molar-refractivity contribution in [2.75, 3.05) is 6.54 Å². The van der Waals surface area contributed by atoms with Gasteiger partial charge in [0.2, 0.25) is 5.91 Å². The zero-order valence-electron chi connectivity index (χ0n) is 14.6. The quantitative estimate of drug-likeness (QED) is 0.877. The molecule has 0 aliphatic heterocycles. The van der Waals surface area contributed by atoms with E-state index in [0.29, 0.717) is 24.6 Å². The van der Waals surface area contributed by atoms with Crippen molar-refractivity contribution in [1.29, 1.82) is 0 Å². The summed E-state index contributed by atoms with van der Waals surface area (Å²) in [5, 5.41) is 6.58. The molecule has 2 aromatic heterocycles. The van der Waals surface area contributed by atoms with Crippen molar-refractivity contribution in [2.24, 2.45) is 5.92 Å². The Morgan fingerprint density at radius 3 is 2.69 bits per heavy atom. The van der Waals surface area contributed by atoms with E-state index in [0.717, 1.165) is 32.1 Å². The van der Waals surface area contributed by atoms with Crippen LogP contribution in [0.1, 0.15) is 62.9 Å². The van der Waals surface area contributed by atoms with E-state index in [2.05, 4.69) is 20.4 Å². The predicted molar refractivity (Wildman–Crippen MR) is 88.4 cm³/mol. The van der Waals surface area contributed by atoms with Gasteiger partial charge in [-0.05, 0) is 44.1 Å². The number of halogens is 3. The Morgan fingerprint density at radius 1 is 1.31 bits per heavy atom. The highest BCUT2D eigenvalue weighted by atomic mass is 19.4. The normalized spacial score (nSPS) is 21.1. The number of carbonyl (C=O) groups excluding carboxylic acids is 1. The number of nitrogens with zero attached hydrogens (tertiary/aromatic N) is 4. The number of fused-ring (bicyclic) bond motifs is 1. The van der Waals surface area contributed by atoms with Crippen molar-refractivity contribution >= 4 is 11.7 Å². The lowest BCUT2D eigenvalue weighted by Crippen LogP contribution is -2.31. The molecule has 1 amide bonds. The fourth-order valence-electron chi connectivity index (χ4n) is 3.48. The minimum Gasteiger partial charge on any atom is -0.356 e. The topological polar surface area (TPSA) is 72.2 Å². The number of aromatic nitrogens is 4. The molecule has 1 saturated carbocycles. The molecule has 3 rings (SSSR count). The Morgan fingerprint density at radius 2 is 2.04 bits per heavy atom. The highest BCUT2D eigenvalue weighted by molar-refractivity contribution is 5.75. The molecule has 0 atom stereocenters. The molecule has 2 aromatic rings. The molecule has 1 aliphatic rings. The van der Waals surface area contributed by atoms with Crippen LogP contribution in [0.2, 0.25) is 0 Å². The van der Waals surface area contributed by atoms with Gasteiger partial charge in [-0.2, -0.15) is 18.2 Å². The van der Waals surface area contributed by atoms with E-state index in [1.807, 2.05) is 6.92 Å². The molecular weight excluding hydrogens is 347 g/mol. The van der Waals surface area contributed by atoms with Gasteiger partial charge in [-0.15, -0.1) is 5.10 Å². The monoisotopic (exact) mass is 369 g/mol. The Bertz CT molecular complexity index is 765. The van der Waals surface area contributed by atoms with E-state index in [4.69, 9.17) is 0 Å². The summed E-state index contributed by atoms with van der Waals surface area (Å²) in [7, 11) is 0. The molecule has 1 N–H and O–H groups in total. The summed E-state index contributed by atoms with van der Waals surface area (Å²) in [4.78, 5) is 19.0. The second-order valence-electron chi connectivity index (χ2n) is 6.79. The van der Waals surface area contributed by atoms with E-state index >= 15 is 0 Å². The van der Waals surface area contributed by atoms with Gasteiger partial charge in [0.25, 0.3) is 11.6 Å². The minimum atomic E-state index is -4.58. The third-order valence-electron chi connectivity index (χ3n) is 4.85. The lowest BCUT2D eigenvalue weighted by Gasteiger charge is -2.28. The van der Waals surface area contributed by atoms with Crippen LogP contribution in [0, 0.1) is 5.92 Å². The maximum absolute atomic E-state index is 12.9. The van der Waals surface area contributed by atoms with E-state index in [-0.39, 0.29) is 17.6 Å². The second kappa shape index (κ2) is 7.59. The van der Waals surface area contributed by atoms with E-state index in [9.17, 15) is 18.0 Å². The summed E-state index contributed by atoms with van der Waals surface area (Å²) in [5.74, 6) is -0.585. The molecule has 9 heteroatoms. The lowest BCUT2D eigenvalue weighted by molar-refractivity contribution is -0.144. The molecule has 1 aliphatic carbocycles. The molecule has 0 saturated heterocycles. The van der Waals surface area contributed by atoms with Gasteiger partial charge in [-0.1, -0.05) is 6.92 Å². The number of nitrogens with one attached hydrogen (secondary N) is 1. The highest BCUT2D eigenvalue weighted by Gasteiger charge is 2.37. The van der Waals surface area contributed by atoms with Crippen LogP contribution < -0.4 is 5.32 Å². The van der Waals surface area contributed by atoms with E-state index < -0.39 is 12.0 Å². The molecule has 142 valence electrons. The summed E-state index contributed by atoms with van der Waals surface area (Å²) in [5.41, 5.74) is 0.714. The summed E-state index contributed by atoms with van der Waals surface area (Å²) < 4.78 is 39.8. The van der Waals surface area contributed by atoms with E-state index in [1.54, 1.807) is 6.07 Å². The maximum atomic E-state index is 12.9. The number of alkyl halides is 3. The van der Waals surface area contributed by atoms with Crippen molar-refractivity contribution in [2.45, 2.75) is 57.5 Å². The molecule has 0 unspecified atom stereocenters. The summed E-state index contributed by atoms with van der Waals surface area (Å²) >= 11 is 0. The molecule has 0 aromatic carbocycles. The SMILES string of the molecule is CCCC(=O)NCC1CCC(c2ccnc3nc(C(F)(F)F)nn23)CC1. The van der Waals surface area contributed by atoms with Crippen LogP contribution >= 0.6 is 0 Å². The van der Waals surface area contributed by atoms with E-state index in [1.165, 1.54) is 10.7 Å². The van der Waals surface area contributed by atoms with Crippen LogP contribution in [0.25, 0.3) is 5.78 Å². The average molecular weight is 369 g/mol. The van der Waals surface area contributed by atoms with Crippen LogP contribution in [-0.2, 0) is 11.0 Å². The molecule has 2 heterocycles. The number of amides is 1. The predicted octanol–water partition coefficient (Wildman–Crippen LogP) is 3.33. The Balaban J connectivity index is 1.66. The number of carbonyl (C=O) groups is 1. The zero-order valence-corrected chi connectivity index (χ0v) is 14.6. The number of hydrogen-bond acceptors (Lipinski definition) is 4. The van der Waals surface area contributed by atoms with Gasteiger partial charge in [0.05, 0.1) is 5.69 Å². The van der Waals surface area contributed by atoms with Crippen molar-refractivity contribution in [1.82, 2.24) is 24.9 Å². The average Bonchev–Trinajstić information content (AvgIpc) is 3.05.